The highest BCUT2D eigenvalue weighted by molar-refractivity contribution is 7.22. The summed E-state index contributed by atoms with van der Waals surface area (Å²) >= 11 is 1.63. The van der Waals surface area contributed by atoms with E-state index in [4.69, 9.17) is 4.98 Å². The lowest BCUT2D eigenvalue weighted by Crippen LogP contribution is -2.39. The Morgan fingerprint density at radius 3 is 2.06 bits per heavy atom. The van der Waals surface area contributed by atoms with E-state index in [9.17, 15) is 4.79 Å². The quantitative estimate of drug-likeness (QED) is 0.450. The normalized spacial score (nSPS) is 11.5. The molecule has 0 fully saturated rings. The van der Waals surface area contributed by atoms with Crippen molar-refractivity contribution in [2.45, 2.75) is 54.9 Å². The summed E-state index contributed by atoms with van der Waals surface area (Å²) in [5, 5.41) is 0.809. The second kappa shape index (κ2) is 9.92. The molecule has 1 aromatic heterocycles. The highest BCUT2D eigenvalue weighted by Crippen LogP contribution is 2.32. The number of nitrogens with zero attached hydrogens (tertiary/aromatic N) is 3. The van der Waals surface area contributed by atoms with E-state index >= 15 is 0 Å². The van der Waals surface area contributed by atoms with Crippen LogP contribution in [0.5, 0.6) is 0 Å². The number of aromatic nitrogens is 1. The van der Waals surface area contributed by atoms with Crippen LogP contribution >= 0.6 is 11.3 Å². The maximum absolute atomic E-state index is 13.6. The molecular formula is C26H35N3OS. The number of amides is 1. The molecule has 3 aromatic rings. The first-order valence-electron chi connectivity index (χ1n) is 11.2. The Hall–Kier alpha value is -2.24. The lowest BCUT2D eigenvalue weighted by molar-refractivity contribution is -0.118. The van der Waals surface area contributed by atoms with E-state index in [2.05, 4.69) is 77.6 Å². The molecule has 2 aromatic carbocycles. The number of hydrogen-bond donors (Lipinski definition) is 0. The van der Waals surface area contributed by atoms with Gasteiger partial charge in [0.15, 0.2) is 5.13 Å². The van der Waals surface area contributed by atoms with Crippen LogP contribution in [0.15, 0.2) is 24.3 Å². The zero-order valence-electron chi connectivity index (χ0n) is 20.0. The minimum atomic E-state index is 0.121. The Kier molecular flexibility index (Phi) is 7.50. The number of aryl methyl sites for hydroxylation is 5. The Balaban J connectivity index is 1.96. The van der Waals surface area contributed by atoms with E-state index in [1.54, 1.807) is 11.3 Å². The summed E-state index contributed by atoms with van der Waals surface area (Å²) in [6.45, 7) is 18.3. The molecule has 0 bridgehead atoms. The van der Waals surface area contributed by atoms with E-state index in [0.29, 0.717) is 13.0 Å². The van der Waals surface area contributed by atoms with Gasteiger partial charge in [-0.25, -0.2) is 4.98 Å². The van der Waals surface area contributed by atoms with Gasteiger partial charge in [-0.3, -0.25) is 9.69 Å². The molecule has 0 atom stereocenters. The molecule has 4 nitrogen and oxygen atoms in total. The van der Waals surface area contributed by atoms with Crippen molar-refractivity contribution >= 4 is 32.6 Å². The van der Waals surface area contributed by atoms with Crippen LogP contribution in [0.25, 0.3) is 10.2 Å². The molecule has 0 aliphatic rings. The number of likely N-dealkylation sites (N-methyl/N-ethyl adjacent to an activating group) is 1. The fourth-order valence-corrected chi connectivity index (χ4v) is 5.38. The third kappa shape index (κ3) is 5.34. The Morgan fingerprint density at radius 2 is 1.45 bits per heavy atom. The minimum Gasteiger partial charge on any atom is -0.302 e. The Bertz CT molecular complexity index is 1060. The van der Waals surface area contributed by atoms with Crippen molar-refractivity contribution in [3.8, 4) is 0 Å². The van der Waals surface area contributed by atoms with Gasteiger partial charge in [0, 0.05) is 13.1 Å². The largest absolute Gasteiger partial charge is 0.302 e. The molecule has 0 aliphatic heterocycles. The molecule has 1 amide bonds. The number of benzene rings is 2. The van der Waals surface area contributed by atoms with Crippen molar-refractivity contribution in [1.29, 1.82) is 0 Å². The van der Waals surface area contributed by atoms with E-state index in [-0.39, 0.29) is 5.91 Å². The summed E-state index contributed by atoms with van der Waals surface area (Å²) in [4.78, 5) is 22.8. The lowest BCUT2D eigenvalue weighted by Gasteiger charge is -2.25. The van der Waals surface area contributed by atoms with Gasteiger partial charge in [0.05, 0.1) is 16.6 Å². The van der Waals surface area contributed by atoms with Gasteiger partial charge in [-0.15, -0.1) is 0 Å². The van der Waals surface area contributed by atoms with Crippen molar-refractivity contribution in [3.05, 3.63) is 57.6 Å². The van der Waals surface area contributed by atoms with Gasteiger partial charge >= 0.3 is 0 Å². The zero-order valence-corrected chi connectivity index (χ0v) is 20.8. The summed E-state index contributed by atoms with van der Waals surface area (Å²) in [7, 11) is 0. The molecule has 5 heteroatoms. The van der Waals surface area contributed by atoms with E-state index in [1.165, 1.54) is 32.5 Å². The molecule has 0 unspecified atom stereocenters. The lowest BCUT2D eigenvalue weighted by atomic mass is 9.97. The highest BCUT2D eigenvalue weighted by Gasteiger charge is 2.22. The second-order valence-corrected chi connectivity index (χ2v) is 9.53. The summed E-state index contributed by atoms with van der Waals surface area (Å²) < 4.78 is 1.17. The molecule has 0 radical (unpaired) electrons. The molecule has 0 aliphatic carbocycles. The van der Waals surface area contributed by atoms with Crippen LogP contribution in [0.3, 0.4) is 0 Å². The fourth-order valence-electron chi connectivity index (χ4n) is 4.32. The second-order valence-electron chi connectivity index (χ2n) is 8.55. The van der Waals surface area contributed by atoms with Crippen LogP contribution in [0.1, 0.15) is 47.2 Å². The summed E-state index contributed by atoms with van der Waals surface area (Å²) in [5.41, 5.74) is 8.16. The SMILES string of the molecule is CCN(CC)CCN(C(=O)Cc1c(C)cc(C)cc1C)c1nc2cc(C)cc(C)c2s1. The van der Waals surface area contributed by atoms with Crippen LogP contribution in [-0.2, 0) is 11.2 Å². The zero-order chi connectivity index (χ0) is 22.7. The third-order valence-electron chi connectivity index (χ3n) is 6.04. The van der Waals surface area contributed by atoms with Crippen LogP contribution in [-0.4, -0.2) is 42.0 Å². The number of rotatable bonds is 8. The van der Waals surface area contributed by atoms with Crippen molar-refractivity contribution < 1.29 is 4.79 Å². The monoisotopic (exact) mass is 437 g/mol. The average molecular weight is 438 g/mol. The number of carbonyl (C=O) groups excluding carboxylic acids is 1. The molecule has 1 heterocycles. The smallest absolute Gasteiger partial charge is 0.233 e. The highest BCUT2D eigenvalue weighted by atomic mass is 32.1. The van der Waals surface area contributed by atoms with Crippen LogP contribution in [0, 0.1) is 34.6 Å². The third-order valence-corrected chi connectivity index (χ3v) is 7.27. The first kappa shape index (κ1) is 23.4. The van der Waals surface area contributed by atoms with Gasteiger partial charge in [-0.2, -0.15) is 0 Å². The number of carbonyl (C=O) groups is 1. The predicted molar refractivity (Wildman–Crippen MR) is 134 cm³/mol. The van der Waals surface area contributed by atoms with Gasteiger partial charge in [0.1, 0.15) is 0 Å². The number of anilines is 1. The van der Waals surface area contributed by atoms with Gasteiger partial charge in [-0.1, -0.05) is 48.9 Å². The maximum Gasteiger partial charge on any atom is 0.233 e. The molecule has 166 valence electrons. The number of hydrogen-bond acceptors (Lipinski definition) is 4. The molecular weight excluding hydrogens is 402 g/mol. The molecule has 31 heavy (non-hydrogen) atoms. The first-order valence-corrected chi connectivity index (χ1v) is 12.0. The predicted octanol–water partition coefficient (Wildman–Crippen LogP) is 5.76. The summed E-state index contributed by atoms with van der Waals surface area (Å²) in [5.74, 6) is 0.121. The van der Waals surface area contributed by atoms with Crippen LogP contribution in [0.4, 0.5) is 5.13 Å². The molecule has 0 N–H and O–H groups in total. The summed E-state index contributed by atoms with van der Waals surface area (Å²) in [6, 6.07) is 8.63. The number of fused-ring (bicyclic) bond motifs is 1. The van der Waals surface area contributed by atoms with Crippen LogP contribution in [0.2, 0.25) is 0 Å². The van der Waals surface area contributed by atoms with E-state index in [0.717, 1.165) is 35.8 Å². The molecule has 0 saturated heterocycles. The summed E-state index contributed by atoms with van der Waals surface area (Å²) in [6.07, 6.45) is 0.407. The van der Waals surface area contributed by atoms with Crippen molar-refractivity contribution in [1.82, 2.24) is 9.88 Å². The Morgan fingerprint density at radius 1 is 0.871 bits per heavy atom. The minimum absolute atomic E-state index is 0.121. The number of thiazole rings is 1. The van der Waals surface area contributed by atoms with E-state index < -0.39 is 0 Å². The van der Waals surface area contributed by atoms with Gasteiger partial charge < -0.3 is 4.90 Å². The molecule has 3 rings (SSSR count). The fraction of sp³-hybridized carbons (Fsp3) is 0.462. The molecule has 0 saturated carbocycles. The first-order chi connectivity index (χ1) is 14.7. The van der Waals surface area contributed by atoms with Crippen molar-refractivity contribution in [3.63, 3.8) is 0 Å². The molecule has 0 spiro atoms. The standard InChI is InChI=1S/C26H35N3OS/c1-8-28(9-2)10-11-29(24(30)16-22-19(5)12-17(3)13-20(22)6)26-27-23-15-18(4)14-21(7)25(23)31-26/h12-15H,8-11,16H2,1-7H3. The van der Waals surface area contributed by atoms with Gasteiger partial charge in [-0.05, 0) is 81.6 Å². The van der Waals surface area contributed by atoms with Crippen LogP contribution < -0.4 is 4.90 Å². The average Bonchev–Trinajstić information content (AvgIpc) is 3.12. The van der Waals surface area contributed by atoms with Gasteiger partial charge in [0.25, 0.3) is 0 Å². The Labute approximate surface area is 190 Å². The topological polar surface area (TPSA) is 36.4 Å². The van der Waals surface area contributed by atoms with Crippen molar-refractivity contribution in [2.75, 3.05) is 31.1 Å². The van der Waals surface area contributed by atoms with E-state index in [1.807, 2.05) is 4.90 Å². The van der Waals surface area contributed by atoms with Gasteiger partial charge in [0.2, 0.25) is 5.91 Å². The maximum atomic E-state index is 13.6. The van der Waals surface area contributed by atoms with Crippen molar-refractivity contribution in [2.24, 2.45) is 0 Å².